The van der Waals surface area contributed by atoms with E-state index in [4.69, 9.17) is 0 Å². The maximum absolute atomic E-state index is 12.4. The Labute approximate surface area is 148 Å². The number of halogens is 3. The number of nitrogens with one attached hydrogen (secondary N) is 2. The van der Waals surface area contributed by atoms with Crippen LogP contribution in [0.2, 0.25) is 0 Å². The Kier molecular flexibility index (Phi) is 7.63. The van der Waals surface area contributed by atoms with Crippen LogP contribution < -0.4 is 10.6 Å². The number of aromatic nitrogens is 1. The van der Waals surface area contributed by atoms with Gasteiger partial charge in [0.05, 0.1) is 6.54 Å². The van der Waals surface area contributed by atoms with Crippen molar-refractivity contribution >= 4 is 29.1 Å². The molecule has 0 aromatic carbocycles. The largest absolute Gasteiger partial charge is 0.401 e. The standard InChI is InChI=1S/C14H22F3N5S2/c1-18-12(19-4-2-7-23-13-20-5-8-24-13)21-11-3-6-22(9-11)10-14(15,16)17/h5,8,11H,2-4,6-7,9-10H2,1H3,(H2,18,19,21). The highest BCUT2D eigenvalue weighted by atomic mass is 32.2. The lowest BCUT2D eigenvalue weighted by molar-refractivity contribution is -0.143. The molecule has 1 unspecified atom stereocenters. The molecule has 5 nitrogen and oxygen atoms in total. The average Bonchev–Trinajstić information content (AvgIpc) is 3.16. The van der Waals surface area contributed by atoms with Crippen molar-refractivity contribution in [1.82, 2.24) is 20.5 Å². The molecule has 1 aliphatic heterocycles. The molecule has 0 amide bonds. The summed E-state index contributed by atoms with van der Waals surface area (Å²) in [5, 5.41) is 8.36. The first-order chi connectivity index (χ1) is 11.5. The molecular weight excluding hydrogens is 359 g/mol. The van der Waals surface area contributed by atoms with Gasteiger partial charge in [-0.05, 0) is 12.8 Å². The third kappa shape index (κ3) is 7.27. The quantitative estimate of drug-likeness (QED) is 0.329. The van der Waals surface area contributed by atoms with Gasteiger partial charge in [-0.2, -0.15) is 13.2 Å². The van der Waals surface area contributed by atoms with E-state index >= 15 is 0 Å². The third-order valence-corrected chi connectivity index (χ3v) is 5.54. The Bertz CT molecular complexity index is 507. The predicted octanol–water partition coefficient (Wildman–Crippen LogP) is 2.43. The van der Waals surface area contributed by atoms with Crippen molar-refractivity contribution in [2.75, 3.05) is 39.0 Å². The molecule has 24 heavy (non-hydrogen) atoms. The first-order valence-electron chi connectivity index (χ1n) is 7.75. The lowest BCUT2D eigenvalue weighted by atomic mass is 10.3. The van der Waals surface area contributed by atoms with E-state index in [0.29, 0.717) is 25.5 Å². The van der Waals surface area contributed by atoms with Crippen LogP contribution in [0.25, 0.3) is 0 Å². The van der Waals surface area contributed by atoms with Crippen molar-refractivity contribution in [1.29, 1.82) is 0 Å². The van der Waals surface area contributed by atoms with Crippen molar-refractivity contribution in [2.45, 2.75) is 29.4 Å². The lowest BCUT2D eigenvalue weighted by Crippen LogP contribution is -2.45. The van der Waals surface area contributed by atoms with Gasteiger partial charge in [-0.15, -0.1) is 11.3 Å². The summed E-state index contributed by atoms with van der Waals surface area (Å²) in [6.07, 6.45) is -0.697. The molecule has 0 radical (unpaired) electrons. The van der Waals surface area contributed by atoms with Crippen LogP contribution >= 0.6 is 23.1 Å². The Hall–Kier alpha value is -1.00. The molecule has 1 aromatic rings. The van der Waals surface area contributed by atoms with Gasteiger partial charge in [0.15, 0.2) is 5.96 Å². The molecule has 1 saturated heterocycles. The summed E-state index contributed by atoms with van der Waals surface area (Å²) in [6, 6.07) is 0.00300. The summed E-state index contributed by atoms with van der Waals surface area (Å²) in [7, 11) is 1.67. The first kappa shape index (κ1) is 19.3. The predicted molar refractivity (Wildman–Crippen MR) is 92.9 cm³/mol. The maximum atomic E-state index is 12.4. The lowest BCUT2D eigenvalue weighted by Gasteiger charge is -2.19. The molecule has 0 saturated carbocycles. The van der Waals surface area contributed by atoms with Crippen LogP contribution in [-0.2, 0) is 0 Å². The third-order valence-electron chi connectivity index (χ3n) is 3.49. The number of rotatable bonds is 7. The first-order valence-corrected chi connectivity index (χ1v) is 9.61. The highest BCUT2D eigenvalue weighted by molar-refractivity contribution is 8.00. The van der Waals surface area contributed by atoms with Crippen LogP contribution in [-0.4, -0.2) is 67.0 Å². The molecule has 1 aliphatic rings. The van der Waals surface area contributed by atoms with Crippen molar-refractivity contribution in [3.8, 4) is 0 Å². The van der Waals surface area contributed by atoms with Crippen molar-refractivity contribution < 1.29 is 13.2 Å². The summed E-state index contributed by atoms with van der Waals surface area (Å²) >= 11 is 3.35. The van der Waals surface area contributed by atoms with E-state index in [1.54, 1.807) is 36.3 Å². The summed E-state index contributed by atoms with van der Waals surface area (Å²) < 4.78 is 38.3. The van der Waals surface area contributed by atoms with Crippen molar-refractivity contribution in [3.63, 3.8) is 0 Å². The van der Waals surface area contributed by atoms with E-state index in [-0.39, 0.29) is 6.04 Å². The average molecular weight is 381 g/mol. The van der Waals surface area contributed by atoms with Crippen LogP contribution in [0, 0.1) is 0 Å². The van der Waals surface area contributed by atoms with Gasteiger partial charge in [0.25, 0.3) is 0 Å². The topological polar surface area (TPSA) is 52.6 Å². The van der Waals surface area contributed by atoms with Crippen LogP contribution in [0.3, 0.4) is 0 Å². The normalized spacial score (nSPS) is 19.7. The number of thioether (sulfide) groups is 1. The number of aliphatic imine (C=N–C) groups is 1. The number of hydrogen-bond acceptors (Lipinski definition) is 5. The van der Waals surface area contributed by atoms with Gasteiger partial charge < -0.3 is 10.6 Å². The highest BCUT2D eigenvalue weighted by Crippen LogP contribution is 2.21. The highest BCUT2D eigenvalue weighted by Gasteiger charge is 2.34. The van der Waals surface area contributed by atoms with Crippen LogP contribution in [0.15, 0.2) is 20.9 Å². The monoisotopic (exact) mass is 381 g/mol. The van der Waals surface area contributed by atoms with Gasteiger partial charge >= 0.3 is 6.18 Å². The minimum absolute atomic E-state index is 0.00300. The molecule has 1 atom stereocenters. The zero-order valence-electron chi connectivity index (χ0n) is 13.5. The number of likely N-dealkylation sites (tertiary alicyclic amines) is 1. The fourth-order valence-corrected chi connectivity index (χ4v) is 4.10. The van der Waals surface area contributed by atoms with Crippen LogP contribution in [0.5, 0.6) is 0 Å². The molecule has 2 rings (SSSR count). The second-order valence-electron chi connectivity index (χ2n) is 5.48. The Morgan fingerprint density at radius 3 is 3.04 bits per heavy atom. The summed E-state index contributed by atoms with van der Waals surface area (Å²) in [5.74, 6) is 1.61. The van der Waals surface area contributed by atoms with Gasteiger partial charge in [0, 0.05) is 50.1 Å². The molecule has 0 aliphatic carbocycles. The molecule has 0 bridgehead atoms. The minimum Gasteiger partial charge on any atom is -0.356 e. The fourth-order valence-electron chi connectivity index (χ4n) is 2.46. The van der Waals surface area contributed by atoms with Gasteiger partial charge in [0.2, 0.25) is 0 Å². The van der Waals surface area contributed by atoms with Gasteiger partial charge in [0.1, 0.15) is 4.34 Å². The number of thiazole rings is 1. The molecular formula is C14H22F3N5S2. The maximum Gasteiger partial charge on any atom is 0.401 e. The number of hydrogen-bond donors (Lipinski definition) is 2. The second-order valence-corrected chi connectivity index (χ2v) is 7.72. The SMILES string of the molecule is CN=C(NCCCSc1nccs1)NC1CCN(CC(F)(F)F)C1. The smallest absolute Gasteiger partial charge is 0.356 e. The molecule has 0 spiro atoms. The minimum atomic E-state index is -4.14. The molecule has 136 valence electrons. The zero-order valence-corrected chi connectivity index (χ0v) is 15.1. The molecule has 1 aromatic heterocycles. The van der Waals surface area contributed by atoms with Gasteiger partial charge in [-0.1, -0.05) is 11.8 Å². The Morgan fingerprint density at radius 2 is 2.38 bits per heavy atom. The van der Waals surface area contributed by atoms with E-state index in [1.165, 1.54) is 4.90 Å². The molecule has 1 fully saturated rings. The van der Waals surface area contributed by atoms with Crippen LogP contribution in [0.4, 0.5) is 13.2 Å². The van der Waals surface area contributed by atoms with Crippen LogP contribution in [0.1, 0.15) is 12.8 Å². The Balaban J connectivity index is 1.60. The van der Waals surface area contributed by atoms with Crippen molar-refractivity contribution in [2.24, 2.45) is 4.99 Å². The second kappa shape index (κ2) is 9.47. The van der Waals surface area contributed by atoms with E-state index in [9.17, 15) is 13.2 Å². The number of alkyl halides is 3. The summed E-state index contributed by atoms with van der Waals surface area (Å²) in [5.41, 5.74) is 0. The fraction of sp³-hybridized carbons (Fsp3) is 0.714. The van der Waals surface area contributed by atoms with E-state index in [1.807, 2.05) is 5.38 Å². The summed E-state index contributed by atoms with van der Waals surface area (Å²) in [4.78, 5) is 9.77. The van der Waals surface area contributed by atoms with Gasteiger partial charge in [-0.25, -0.2) is 4.98 Å². The van der Waals surface area contributed by atoms with E-state index in [2.05, 4.69) is 20.6 Å². The van der Waals surface area contributed by atoms with E-state index < -0.39 is 12.7 Å². The summed E-state index contributed by atoms with van der Waals surface area (Å²) in [6.45, 7) is 0.765. The molecule has 2 N–H and O–H groups in total. The van der Waals surface area contributed by atoms with Crippen molar-refractivity contribution in [3.05, 3.63) is 11.6 Å². The number of nitrogens with zero attached hydrogens (tertiary/aromatic N) is 3. The Morgan fingerprint density at radius 1 is 1.54 bits per heavy atom. The van der Waals surface area contributed by atoms with E-state index in [0.717, 1.165) is 23.1 Å². The van der Waals surface area contributed by atoms with Gasteiger partial charge in [-0.3, -0.25) is 9.89 Å². The molecule has 10 heteroatoms. The number of guanidine groups is 1. The zero-order chi connectivity index (χ0) is 17.4. The molecule has 2 heterocycles.